The zero-order valence-electron chi connectivity index (χ0n) is 11.5. The molecule has 1 saturated carbocycles. The maximum absolute atomic E-state index is 11.3. The summed E-state index contributed by atoms with van der Waals surface area (Å²) in [5.74, 6) is 0. The van der Waals surface area contributed by atoms with Gasteiger partial charge in [-0.3, -0.25) is 10.1 Å². The molecule has 0 spiro atoms. The summed E-state index contributed by atoms with van der Waals surface area (Å²) >= 11 is 0. The molecule has 0 aliphatic heterocycles. The van der Waals surface area contributed by atoms with Gasteiger partial charge in [0.15, 0.2) is 0 Å². The van der Waals surface area contributed by atoms with Crippen LogP contribution in [-0.2, 0) is 0 Å². The summed E-state index contributed by atoms with van der Waals surface area (Å²) in [6.45, 7) is 5.77. The van der Waals surface area contributed by atoms with Crippen molar-refractivity contribution in [1.82, 2.24) is 0 Å². The Morgan fingerprint density at radius 1 is 1.32 bits per heavy atom. The number of nitrogens with zero attached hydrogens (tertiary/aromatic N) is 1. The molecular weight excluding hydrogens is 242 g/mol. The van der Waals surface area contributed by atoms with Crippen molar-refractivity contribution in [1.29, 1.82) is 0 Å². The van der Waals surface area contributed by atoms with Gasteiger partial charge in [0.25, 0.3) is 0 Å². The van der Waals surface area contributed by atoms with Crippen LogP contribution in [0.3, 0.4) is 0 Å². The highest BCUT2D eigenvalue weighted by Crippen LogP contribution is 2.45. The average molecular weight is 263 g/mol. The first-order valence-electron chi connectivity index (χ1n) is 6.81. The summed E-state index contributed by atoms with van der Waals surface area (Å²) in [4.78, 5) is 11.0. The molecule has 1 aromatic carbocycles. The Labute approximate surface area is 113 Å². The van der Waals surface area contributed by atoms with E-state index in [2.05, 4.69) is 17.6 Å². The molecule has 1 aromatic rings. The minimum atomic E-state index is -0.310. The van der Waals surface area contributed by atoms with Gasteiger partial charge < -0.3 is 10.6 Å². The monoisotopic (exact) mass is 263 g/mol. The number of nitrogens with one attached hydrogen (secondary N) is 2. The van der Waals surface area contributed by atoms with Gasteiger partial charge in [0.05, 0.1) is 4.92 Å². The molecule has 2 rings (SSSR count). The minimum Gasteiger partial charge on any atom is -0.379 e. The largest absolute Gasteiger partial charge is 0.379 e. The minimum absolute atomic E-state index is 0.153. The van der Waals surface area contributed by atoms with E-state index in [4.69, 9.17) is 0 Å². The molecule has 104 valence electrons. The topological polar surface area (TPSA) is 67.2 Å². The lowest BCUT2D eigenvalue weighted by Gasteiger charge is -2.14. The number of anilines is 2. The molecule has 5 heteroatoms. The molecule has 0 aromatic heterocycles. The van der Waals surface area contributed by atoms with Gasteiger partial charge >= 0.3 is 5.69 Å². The summed E-state index contributed by atoms with van der Waals surface area (Å²) < 4.78 is 0. The Balaban J connectivity index is 2.18. The molecular formula is C14H21N3O2. The lowest BCUT2D eigenvalue weighted by Crippen LogP contribution is -2.13. The Kier molecular flexibility index (Phi) is 3.93. The van der Waals surface area contributed by atoms with Crippen LogP contribution in [0.5, 0.6) is 0 Å². The van der Waals surface area contributed by atoms with Crippen LogP contribution in [0.2, 0.25) is 0 Å². The van der Waals surface area contributed by atoms with Gasteiger partial charge in [-0.15, -0.1) is 0 Å². The normalized spacial score (nSPS) is 15.9. The molecule has 0 heterocycles. The lowest BCUT2D eigenvalue weighted by atomic mass is 10.1. The van der Waals surface area contributed by atoms with E-state index < -0.39 is 0 Å². The van der Waals surface area contributed by atoms with Crippen LogP contribution in [0.25, 0.3) is 0 Å². The van der Waals surface area contributed by atoms with E-state index in [9.17, 15) is 10.1 Å². The molecule has 5 nitrogen and oxygen atoms in total. The molecule has 1 fully saturated rings. The van der Waals surface area contributed by atoms with Crippen LogP contribution >= 0.6 is 0 Å². The Morgan fingerprint density at radius 2 is 1.95 bits per heavy atom. The van der Waals surface area contributed by atoms with Crippen molar-refractivity contribution in [3.05, 3.63) is 28.3 Å². The highest BCUT2D eigenvalue weighted by molar-refractivity contribution is 5.76. The van der Waals surface area contributed by atoms with Crippen molar-refractivity contribution in [2.75, 3.05) is 23.7 Å². The van der Waals surface area contributed by atoms with Gasteiger partial charge in [0.2, 0.25) is 0 Å². The number of para-hydroxylation sites is 1. The first-order valence-corrected chi connectivity index (χ1v) is 6.81. The quantitative estimate of drug-likeness (QED) is 0.582. The molecule has 0 amide bonds. The fourth-order valence-electron chi connectivity index (χ4n) is 1.98. The summed E-state index contributed by atoms with van der Waals surface area (Å²) in [5.41, 5.74) is 1.68. The summed E-state index contributed by atoms with van der Waals surface area (Å²) in [7, 11) is 0. The second-order valence-electron chi connectivity index (χ2n) is 5.55. The third kappa shape index (κ3) is 3.36. The predicted octanol–water partition coefficient (Wildman–Crippen LogP) is 3.63. The molecule has 1 aliphatic rings. The third-order valence-electron chi connectivity index (χ3n) is 3.59. The fourth-order valence-corrected chi connectivity index (χ4v) is 1.98. The number of nitro benzene ring substituents is 1. The van der Waals surface area contributed by atoms with Crippen LogP contribution in [-0.4, -0.2) is 18.0 Å². The van der Waals surface area contributed by atoms with Crippen LogP contribution in [0, 0.1) is 15.5 Å². The van der Waals surface area contributed by atoms with Crippen molar-refractivity contribution in [3.8, 4) is 0 Å². The van der Waals surface area contributed by atoms with Crippen LogP contribution in [0.1, 0.15) is 33.1 Å². The van der Waals surface area contributed by atoms with Crippen LogP contribution in [0.15, 0.2) is 18.2 Å². The number of rotatable bonds is 7. The summed E-state index contributed by atoms with van der Waals surface area (Å²) in [6, 6.07) is 5.39. The van der Waals surface area contributed by atoms with Crippen LogP contribution in [0.4, 0.5) is 17.1 Å². The molecule has 0 bridgehead atoms. The first-order chi connectivity index (χ1) is 9.06. The van der Waals surface area contributed by atoms with Crippen molar-refractivity contribution in [2.24, 2.45) is 5.41 Å². The van der Waals surface area contributed by atoms with Gasteiger partial charge in [-0.25, -0.2) is 0 Å². The summed E-state index contributed by atoms with van der Waals surface area (Å²) in [6.07, 6.45) is 3.33. The van der Waals surface area contributed by atoms with E-state index in [1.165, 1.54) is 12.8 Å². The van der Waals surface area contributed by atoms with Gasteiger partial charge in [0, 0.05) is 13.1 Å². The van der Waals surface area contributed by atoms with Gasteiger partial charge in [-0.1, -0.05) is 19.9 Å². The molecule has 0 radical (unpaired) electrons. The van der Waals surface area contributed by atoms with Crippen molar-refractivity contribution >= 4 is 17.1 Å². The van der Waals surface area contributed by atoms with Gasteiger partial charge in [-0.2, -0.15) is 0 Å². The van der Waals surface area contributed by atoms with Crippen molar-refractivity contribution in [3.63, 3.8) is 0 Å². The molecule has 1 aliphatic carbocycles. The molecule has 0 saturated heterocycles. The van der Waals surface area contributed by atoms with E-state index in [-0.39, 0.29) is 10.6 Å². The maximum atomic E-state index is 11.3. The highest BCUT2D eigenvalue weighted by Gasteiger charge is 2.37. The third-order valence-corrected chi connectivity index (χ3v) is 3.59. The molecule has 0 atom stereocenters. The number of hydrogen-bond acceptors (Lipinski definition) is 4. The Morgan fingerprint density at radius 3 is 2.47 bits per heavy atom. The molecule has 0 unspecified atom stereocenters. The maximum Gasteiger partial charge on any atom is 0.315 e. The number of nitro groups is 1. The Hall–Kier alpha value is -1.78. The van der Waals surface area contributed by atoms with E-state index in [0.717, 1.165) is 19.5 Å². The fraction of sp³-hybridized carbons (Fsp3) is 0.571. The molecule has 2 N–H and O–H groups in total. The zero-order valence-corrected chi connectivity index (χ0v) is 11.5. The average Bonchev–Trinajstić information content (AvgIpc) is 3.12. The highest BCUT2D eigenvalue weighted by atomic mass is 16.6. The SMILES string of the molecule is CCCNc1cccc(NCC2(C)CC2)c1[N+](=O)[O-]. The van der Waals surface area contributed by atoms with E-state index in [1.54, 1.807) is 12.1 Å². The zero-order chi connectivity index (χ0) is 13.9. The van der Waals surface area contributed by atoms with E-state index >= 15 is 0 Å². The standard InChI is InChI=1S/C14H21N3O2/c1-3-9-15-11-5-4-6-12(13(11)17(18)19)16-10-14(2)7-8-14/h4-6,15-16H,3,7-10H2,1-2H3. The number of benzene rings is 1. The van der Waals surface area contributed by atoms with E-state index in [1.807, 2.05) is 13.0 Å². The Bertz CT molecular complexity index is 470. The smallest absolute Gasteiger partial charge is 0.315 e. The van der Waals surface area contributed by atoms with Crippen molar-refractivity contribution in [2.45, 2.75) is 33.1 Å². The van der Waals surface area contributed by atoms with Gasteiger partial charge in [0.1, 0.15) is 11.4 Å². The van der Waals surface area contributed by atoms with Gasteiger partial charge in [-0.05, 0) is 36.8 Å². The lowest BCUT2D eigenvalue weighted by molar-refractivity contribution is -0.383. The van der Waals surface area contributed by atoms with E-state index in [0.29, 0.717) is 16.8 Å². The number of hydrogen-bond donors (Lipinski definition) is 2. The van der Waals surface area contributed by atoms with Crippen molar-refractivity contribution < 1.29 is 4.92 Å². The molecule has 19 heavy (non-hydrogen) atoms. The first kappa shape index (κ1) is 13.6. The predicted molar refractivity (Wildman–Crippen MR) is 77.7 cm³/mol. The second kappa shape index (κ2) is 5.47. The second-order valence-corrected chi connectivity index (χ2v) is 5.55. The summed E-state index contributed by atoms with van der Waals surface area (Å²) in [5, 5.41) is 17.6. The van der Waals surface area contributed by atoms with Crippen LogP contribution < -0.4 is 10.6 Å².